The van der Waals surface area contributed by atoms with Crippen molar-refractivity contribution in [3.05, 3.63) is 51.4 Å². The minimum Gasteiger partial charge on any atom is -0.456 e. The van der Waals surface area contributed by atoms with Crippen LogP contribution >= 0.6 is 11.6 Å². The van der Waals surface area contributed by atoms with Gasteiger partial charge in [0.25, 0.3) is 6.01 Å². The van der Waals surface area contributed by atoms with Crippen molar-refractivity contribution in [3.8, 4) is 6.01 Å². The first-order valence-corrected chi connectivity index (χ1v) is 19.0. The van der Waals surface area contributed by atoms with Gasteiger partial charge in [-0.05, 0) is 98.8 Å². The van der Waals surface area contributed by atoms with E-state index in [9.17, 15) is 5.11 Å². The second-order valence-corrected chi connectivity index (χ2v) is 20.1. The monoisotopic (exact) mass is 645 g/mol. The number of imidazole rings is 1. The Labute approximate surface area is 265 Å². The van der Waals surface area contributed by atoms with E-state index in [1.807, 2.05) is 6.07 Å². The van der Waals surface area contributed by atoms with Gasteiger partial charge in [0, 0.05) is 0 Å². The summed E-state index contributed by atoms with van der Waals surface area (Å²) in [5.41, 5.74) is 3.80. The fourth-order valence-electron chi connectivity index (χ4n) is 6.37. The van der Waals surface area contributed by atoms with Gasteiger partial charge in [-0.1, -0.05) is 38.4 Å². The van der Waals surface area contributed by atoms with Crippen molar-refractivity contribution in [2.75, 3.05) is 13.2 Å². The van der Waals surface area contributed by atoms with E-state index in [0.29, 0.717) is 60.4 Å². The average Bonchev–Trinajstić information content (AvgIpc) is 3.68. The highest BCUT2D eigenvalue weighted by Crippen LogP contribution is 2.41. The first-order valence-electron chi connectivity index (χ1n) is 15.7. The van der Waals surface area contributed by atoms with Crippen LogP contribution in [-0.4, -0.2) is 71.6 Å². The first-order chi connectivity index (χ1) is 20.6. The number of aromatic nitrogens is 3. The summed E-state index contributed by atoms with van der Waals surface area (Å²) in [5.74, 6) is -0.203. The largest absolute Gasteiger partial charge is 0.456 e. The van der Waals surface area contributed by atoms with Gasteiger partial charge in [-0.3, -0.25) is 0 Å². The number of halogens is 2. The molecule has 11 heteroatoms. The predicted molar refractivity (Wildman–Crippen MR) is 171 cm³/mol. The number of H-pyrrole nitrogens is 1. The summed E-state index contributed by atoms with van der Waals surface area (Å²) >= 11 is 6.69. The molecule has 5 atom stereocenters. The Morgan fingerprint density at radius 1 is 1.07 bits per heavy atom. The van der Waals surface area contributed by atoms with Gasteiger partial charge in [-0.25, -0.2) is 9.37 Å². The fourth-order valence-corrected chi connectivity index (χ4v) is 7.91. The minimum atomic E-state index is -1.98. The summed E-state index contributed by atoms with van der Waals surface area (Å²) in [7, 11) is -1.98. The molecule has 44 heavy (non-hydrogen) atoms. The lowest BCUT2D eigenvalue weighted by Gasteiger charge is -2.39. The third-order valence-electron chi connectivity index (χ3n) is 9.87. The smallest absolute Gasteiger partial charge is 0.296 e. The van der Waals surface area contributed by atoms with Crippen molar-refractivity contribution in [1.29, 1.82) is 0 Å². The van der Waals surface area contributed by atoms with E-state index in [1.54, 1.807) is 19.9 Å². The quantitative estimate of drug-likeness (QED) is 0.251. The maximum atomic E-state index is 15.3. The zero-order chi connectivity index (χ0) is 31.6. The van der Waals surface area contributed by atoms with Gasteiger partial charge in [0.05, 0.1) is 41.2 Å². The van der Waals surface area contributed by atoms with E-state index in [0.717, 1.165) is 29.5 Å². The molecule has 0 bridgehead atoms. The van der Waals surface area contributed by atoms with Crippen molar-refractivity contribution < 1.29 is 28.1 Å². The van der Waals surface area contributed by atoms with Crippen LogP contribution in [0.3, 0.4) is 0 Å². The zero-order valence-corrected chi connectivity index (χ0v) is 28.6. The van der Waals surface area contributed by atoms with Crippen LogP contribution in [0.1, 0.15) is 75.8 Å². The number of hydrogen-bond acceptors (Lipinski definition) is 7. The van der Waals surface area contributed by atoms with Crippen LogP contribution in [-0.2, 0) is 33.2 Å². The molecule has 0 amide bonds. The van der Waals surface area contributed by atoms with Gasteiger partial charge >= 0.3 is 0 Å². The van der Waals surface area contributed by atoms with Crippen LogP contribution < -0.4 is 4.74 Å². The van der Waals surface area contributed by atoms with E-state index in [-0.39, 0.29) is 41.2 Å². The zero-order valence-electron chi connectivity index (χ0n) is 26.8. The molecule has 2 N–H and O–H groups in total. The number of nitrogens with one attached hydrogen (secondary N) is 1. The van der Waals surface area contributed by atoms with Crippen molar-refractivity contribution in [3.63, 3.8) is 0 Å². The summed E-state index contributed by atoms with van der Waals surface area (Å²) in [6, 6.07) is 5.86. The number of hydrogen-bond donors (Lipinski definition) is 2. The molecule has 0 radical (unpaired) electrons. The number of rotatable bonds is 9. The number of pyridine rings is 1. The molecule has 240 valence electrons. The topological polar surface area (TPSA) is 98.7 Å². The number of ether oxygens (including phenoxy) is 3. The SMILES string of the molecule is CC(C)(O)CCc1cc(F)c2c(c1)CC[C@@H]2Cc1nc2nc(O[C@@H]3CO[C@H]4[C@@H]3OC[C@H]4O[Si](C)(C)C(C)(C)C)[nH]c2cc1Cl. The van der Waals surface area contributed by atoms with Gasteiger partial charge in [0.2, 0.25) is 0 Å². The van der Waals surface area contributed by atoms with Crippen LogP contribution in [0.25, 0.3) is 11.2 Å². The summed E-state index contributed by atoms with van der Waals surface area (Å²) in [6.07, 6.45) is 2.53. The average molecular weight is 646 g/mol. The van der Waals surface area contributed by atoms with Crippen molar-refractivity contribution in [1.82, 2.24) is 15.0 Å². The van der Waals surface area contributed by atoms with E-state index >= 15 is 4.39 Å². The van der Waals surface area contributed by atoms with Gasteiger partial charge in [-0.15, -0.1) is 0 Å². The van der Waals surface area contributed by atoms with Crippen LogP contribution in [0.5, 0.6) is 6.01 Å². The third-order valence-corrected chi connectivity index (χ3v) is 14.7. The first kappa shape index (κ1) is 31.9. The minimum absolute atomic E-state index is 0.0148. The summed E-state index contributed by atoms with van der Waals surface area (Å²) in [6.45, 7) is 15.6. The van der Waals surface area contributed by atoms with E-state index in [2.05, 4.69) is 49.9 Å². The Morgan fingerprint density at radius 2 is 1.77 bits per heavy atom. The Morgan fingerprint density at radius 3 is 2.48 bits per heavy atom. The van der Waals surface area contributed by atoms with Gasteiger partial charge in [0.15, 0.2) is 20.1 Å². The summed E-state index contributed by atoms with van der Waals surface area (Å²) < 4.78 is 40.4. The highest BCUT2D eigenvalue weighted by atomic mass is 35.5. The lowest BCUT2D eigenvalue weighted by Crippen LogP contribution is -2.47. The Bertz CT molecular complexity index is 1530. The molecule has 8 nitrogen and oxygen atoms in total. The molecule has 0 saturated carbocycles. The molecule has 2 fully saturated rings. The lowest BCUT2D eigenvalue weighted by molar-refractivity contribution is 0.0116. The van der Waals surface area contributed by atoms with Crippen molar-refractivity contribution in [2.45, 2.75) is 121 Å². The highest BCUT2D eigenvalue weighted by molar-refractivity contribution is 6.74. The van der Waals surface area contributed by atoms with Crippen LogP contribution in [0.2, 0.25) is 23.2 Å². The molecule has 1 aromatic carbocycles. The Kier molecular flexibility index (Phi) is 8.42. The maximum absolute atomic E-state index is 15.3. The molecule has 2 aliphatic heterocycles. The summed E-state index contributed by atoms with van der Waals surface area (Å²) in [4.78, 5) is 12.6. The Balaban J connectivity index is 1.13. The van der Waals surface area contributed by atoms with E-state index in [4.69, 9.17) is 35.2 Å². The van der Waals surface area contributed by atoms with Crippen LogP contribution in [0.15, 0.2) is 18.2 Å². The molecular formula is C33H45ClFN3O5Si. The standard InChI is InChI=1S/C33H45ClFN3O5Si/c1-32(2,3)44(6,7)43-26-17-41-28-25(16-40-29(26)28)42-31-37-24-15-21(34)23(36-30(24)38-31)14-20-9-8-19-12-18(10-11-33(4,5)39)13-22(35)27(19)20/h12-13,15,20,25-26,28-29,39H,8-11,14,16-17H2,1-7H3,(H,36,37,38)/t20-,25-,26-,28-,29-/m1/s1. The molecule has 2 aromatic heterocycles. The molecule has 4 heterocycles. The van der Waals surface area contributed by atoms with Gasteiger partial charge < -0.3 is 28.7 Å². The molecule has 2 saturated heterocycles. The number of fused-ring (bicyclic) bond motifs is 3. The van der Waals surface area contributed by atoms with Crippen LogP contribution in [0.4, 0.5) is 4.39 Å². The maximum Gasteiger partial charge on any atom is 0.296 e. The number of benzene rings is 1. The summed E-state index contributed by atoms with van der Waals surface area (Å²) in [5, 5.41) is 10.7. The highest BCUT2D eigenvalue weighted by Gasteiger charge is 2.52. The second-order valence-electron chi connectivity index (χ2n) is 14.9. The fraction of sp³-hybridized carbons (Fsp3) is 0.636. The van der Waals surface area contributed by atoms with E-state index in [1.165, 1.54) is 0 Å². The second kappa shape index (κ2) is 11.6. The predicted octanol–water partition coefficient (Wildman–Crippen LogP) is 6.66. The molecule has 0 spiro atoms. The molecule has 3 aromatic rings. The molecule has 1 aliphatic carbocycles. The number of aromatic amines is 1. The third kappa shape index (κ3) is 6.44. The number of aliphatic hydroxyl groups is 1. The Hall–Kier alpha value is -2.08. The number of aryl methyl sites for hydroxylation is 2. The van der Waals surface area contributed by atoms with Gasteiger partial charge in [0.1, 0.15) is 18.0 Å². The van der Waals surface area contributed by atoms with Crippen molar-refractivity contribution in [2.24, 2.45) is 0 Å². The van der Waals surface area contributed by atoms with Gasteiger partial charge in [-0.2, -0.15) is 4.98 Å². The normalized spacial score (nSPS) is 25.5. The molecular weight excluding hydrogens is 601 g/mol. The number of nitrogens with zero attached hydrogens (tertiary/aromatic N) is 2. The molecule has 3 aliphatic rings. The van der Waals surface area contributed by atoms with E-state index < -0.39 is 13.9 Å². The van der Waals surface area contributed by atoms with Crippen LogP contribution in [0, 0.1) is 5.82 Å². The molecule has 0 unspecified atom stereocenters. The van der Waals surface area contributed by atoms with Crippen molar-refractivity contribution >= 4 is 31.1 Å². The molecule has 6 rings (SSSR count). The lowest BCUT2D eigenvalue weighted by atomic mass is 9.92.